The van der Waals surface area contributed by atoms with Crippen LogP contribution < -0.4 is 0 Å². The minimum atomic E-state index is -0.684. The standard InChI is InChI=1S/C18H13ClF2N4/c1-9-6-7-13-16(17(9)19)18(15-11(20)4-3-5-12(15)21)22-8-14-24-23-10(2)25(13)14/h3-7H,8H2,1-2H3. The smallest absolute Gasteiger partial charge is 0.159 e. The summed E-state index contributed by atoms with van der Waals surface area (Å²) >= 11 is 6.54. The molecular weight excluding hydrogens is 346 g/mol. The number of fused-ring (bicyclic) bond motifs is 3. The molecule has 0 aliphatic carbocycles. The Morgan fingerprint density at radius 1 is 1.00 bits per heavy atom. The fourth-order valence-electron chi connectivity index (χ4n) is 3.06. The summed E-state index contributed by atoms with van der Waals surface area (Å²) in [5.41, 5.74) is 1.93. The predicted octanol–water partition coefficient (Wildman–Crippen LogP) is 4.17. The largest absolute Gasteiger partial charge is 0.281 e. The van der Waals surface area contributed by atoms with Crippen LogP contribution in [0.3, 0.4) is 0 Å². The molecule has 0 atom stereocenters. The summed E-state index contributed by atoms with van der Waals surface area (Å²) < 4.78 is 30.7. The molecule has 25 heavy (non-hydrogen) atoms. The third-order valence-electron chi connectivity index (χ3n) is 4.26. The minimum Gasteiger partial charge on any atom is -0.281 e. The molecule has 0 fully saturated rings. The lowest BCUT2D eigenvalue weighted by atomic mass is 9.97. The molecule has 1 aliphatic heterocycles. The van der Waals surface area contributed by atoms with Gasteiger partial charge in [0.1, 0.15) is 24.0 Å². The SMILES string of the molecule is Cc1ccc2c(c1Cl)C(c1c(F)cccc1F)=NCc1nnc(C)n1-2. The van der Waals surface area contributed by atoms with Crippen LogP contribution in [0.4, 0.5) is 8.78 Å². The van der Waals surface area contributed by atoms with Crippen LogP contribution in [0.2, 0.25) is 5.02 Å². The van der Waals surface area contributed by atoms with Gasteiger partial charge in [0, 0.05) is 5.56 Å². The molecule has 0 saturated carbocycles. The van der Waals surface area contributed by atoms with Crippen molar-refractivity contribution in [1.29, 1.82) is 0 Å². The van der Waals surface area contributed by atoms with E-state index in [1.165, 1.54) is 18.2 Å². The summed E-state index contributed by atoms with van der Waals surface area (Å²) in [4.78, 5) is 4.44. The molecule has 4 rings (SSSR count). The summed E-state index contributed by atoms with van der Waals surface area (Å²) in [6.07, 6.45) is 0. The van der Waals surface area contributed by atoms with Crippen molar-refractivity contribution < 1.29 is 8.78 Å². The van der Waals surface area contributed by atoms with Gasteiger partial charge in [-0.05, 0) is 37.6 Å². The molecule has 2 aromatic carbocycles. The van der Waals surface area contributed by atoms with Crippen LogP contribution in [0, 0.1) is 25.5 Å². The second kappa shape index (κ2) is 5.74. The fourth-order valence-corrected chi connectivity index (χ4v) is 3.31. The first kappa shape index (κ1) is 15.9. The Labute approximate surface area is 147 Å². The highest BCUT2D eigenvalue weighted by Gasteiger charge is 2.27. The second-order valence-electron chi connectivity index (χ2n) is 5.85. The topological polar surface area (TPSA) is 43.1 Å². The van der Waals surface area contributed by atoms with Crippen molar-refractivity contribution in [2.75, 3.05) is 0 Å². The Hall–Kier alpha value is -2.60. The summed E-state index contributed by atoms with van der Waals surface area (Å²) in [7, 11) is 0. The maximum absolute atomic E-state index is 14.4. The monoisotopic (exact) mass is 358 g/mol. The highest BCUT2D eigenvalue weighted by Crippen LogP contribution is 2.34. The van der Waals surface area contributed by atoms with Crippen molar-refractivity contribution >= 4 is 17.3 Å². The predicted molar refractivity (Wildman–Crippen MR) is 91.5 cm³/mol. The van der Waals surface area contributed by atoms with Crippen LogP contribution in [-0.2, 0) is 6.54 Å². The molecule has 0 spiro atoms. The molecule has 0 amide bonds. The van der Waals surface area contributed by atoms with Gasteiger partial charge in [0.15, 0.2) is 5.82 Å². The summed E-state index contributed by atoms with van der Waals surface area (Å²) in [6, 6.07) is 7.44. The molecule has 1 aromatic heterocycles. The van der Waals surface area contributed by atoms with E-state index in [2.05, 4.69) is 15.2 Å². The Morgan fingerprint density at radius 2 is 1.72 bits per heavy atom. The first-order valence-electron chi connectivity index (χ1n) is 7.68. The summed E-state index contributed by atoms with van der Waals surface area (Å²) in [5.74, 6) is -0.125. The van der Waals surface area contributed by atoms with E-state index in [0.717, 1.165) is 5.56 Å². The zero-order chi connectivity index (χ0) is 17.7. The lowest BCUT2D eigenvalue weighted by molar-refractivity contribution is 0.579. The lowest BCUT2D eigenvalue weighted by Gasteiger charge is -2.16. The van der Waals surface area contributed by atoms with E-state index in [0.29, 0.717) is 27.9 Å². The molecule has 7 heteroatoms. The molecule has 3 aromatic rings. The van der Waals surface area contributed by atoms with E-state index < -0.39 is 11.6 Å². The van der Waals surface area contributed by atoms with Crippen molar-refractivity contribution in [1.82, 2.24) is 14.8 Å². The average Bonchev–Trinajstić information content (AvgIpc) is 2.85. The average molecular weight is 359 g/mol. The van der Waals surface area contributed by atoms with Gasteiger partial charge in [0.25, 0.3) is 0 Å². The van der Waals surface area contributed by atoms with Crippen LogP contribution in [0.25, 0.3) is 5.69 Å². The molecule has 2 heterocycles. The Bertz CT molecular complexity index is 1020. The Balaban J connectivity index is 2.10. The van der Waals surface area contributed by atoms with Gasteiger partial charge in [-0.15, -0.1) is 10.2 Å². The van der Waals surface area contributed by atoms with E-state index in [1.54, 1.807) is 0 Å². The Morgan fingerprint density at radius 3 is 2.44 bits per heavy atom. The molecule has 126 valence electrons. The zero-order valence-electron chi connectivity index (χ0n) is 13.5. The van der Waals surface area contributed by atoms with Gasteiger partial charge < -0.3 is 0 Å². The van der Waals surface area contributed by atoms with E-state index in [9.17, 15) is 8.78 Å². The second-order valence-corrected chi connectivity index (χ2v) is 6.23. The first-order chi connectivity index (χ1) is 12.0. The van der Waals surface area contributed by atoms with Crippen molar-refractivity contribution in [3.63, 3.8) is 0 Å². The molecular formula is C18H13ClF2N4. The van der Waals surface area contributed by atoms with Crippen LogP contribution in [0.15, 0.2) is 35.3 Å². The van der Waals surface area contributed by atoms with E-state index in [-0.39, 0.29) is 17.8 Å². The van der Waals surface area contributed by atoms with Crippen LogP contribution in [0.5, 0.6) is 0 Å². The van der Waals surface area contributed by atoms with E-state index in [4.69, 9.17) is 11.6 Å². The number of hydrogen-bond donors (Lipinski definition) is 0. The normalized spacial score (nSPS) is 13.1. The van der Waals surface area contributed by atoms with Crippen LogP contribution >= 0.6 is 11.6 Å². The van der Waals surface area contributed by atoms with Gasteiger partial charge in [0.2, 0.25) is 0 Å². The van der Waals surface area contributed by atoms with Crippen LogP contribution in [-0.4, -0.2) is 20.5 Å². The highest BCUT2D eigenvalue weighted by atomic mass is 35.5. The van der Waals surface area contributed by atoms with Gasteiger partial charge in [-0.25, -0.2) is 8.78 Å². The van der Waals surface area contributed by atoms with E-state index >= 15 is 0 Å². The van der Waals surface area contributed by atoms with Crippen molar-refractivity contribution in [3.8, 4) is 5.69 Å². The Kier molecular flexibility index (Phi) is 3.65. The number of halogens is 3. The van der Waals surface area contributed by atoms with Crippen molar-refractivity contribution in [3.05, 3.63) is 75.3 Å². The number of aryl methyl sites for hydroxylation is 2. The van der Waals surface area contributed by atoms with Gasteiger partial charge in [-0.1, -0.05) is 23.7 Å². The molecule has 0 saturated heterocycles. The molecule has 0 bridgehead atoms. The maximum Gasteiger partial charge on any atom is 0.159 e. The van der Waals surface area contributed by atoms with Gasteiger partial charge in [-0.2, -0.15) is 0 Å². The number of rotatable bonds is 1. The number of aromatic nitrogens is 3. The van der Waals surface area contributed by atoms with Gasteiger partial charge in [-0.3, -0.25) is 9.56 Å². The minimum absolute atomic E-state index is 0.147. The summed E-state index contributed by atoms with van der Waals surface area (Å²) in [6.45, 7) is 3.79. The van der Waals surface area contributed by atoms with Crippen molar-refractivity contribution in [2.45, 2.75) is 20.4 Å². The number of nitrogens with zero attached hydrogens (tertiary/aromatic N) is 4. The highest BCUT2D eigenvalue weighted by molar-refractivity contribution is 6.37. The zero-order valence-corrected chi connectivity index (χ0v) is 14.3. The van der Waals surface area contributed by atoms with Gasteiger partial charge in [0.05, 0.1) is 22.0 Å². The number of aliphatic imine (C=N–C) groups is 1. The first-order valence-corrected chi connectivity index (χ1v) is 8.06. The quantitative estimate of drug-likeness (QED) is 0.655. The fraction of sp³-hybridized carbons (Fsp3) is 0.167. The molecule has 0 radical (unpaired) electrons. The maximum atomic E-state index is 14.4. The van der Waals surface area contributed by atoms with Crippen molar-refractivity contribution in [2.24, 2.45) is 4.99 Å². The molecule has 0 N–H and O–H groups in total. The van der Waals surface area contributed by atoms with Crippen LogP contribution in [0.1, 0.15) is 28.3 Å². The molecule has 0 unspecified atom stereocenters. The third kappa shape index (κ3) is 2.36. The number of benzene rings is 2. The summed E-state index contributed by atoms with van der Waals surface area (Å²) in [5, 5.41) is 8.59. The van der Waals surface area contributed by atoms with Gasteiger partial charge >= 0.3 is 0 Å². The molecule has 1 aliphatic rings. The third-order valence-corrected chi connectivity index (χ3v) is 4.75. The van der Waals surface area contributed by atoms with E-state index in [1.807, 2.05) is 30.5 Å². The molecule has 4 nitrogen and oxygen atoms in total. The number of hydrogen-bond acceptors (Lipinski definition) is 3. The lowest BCUT2D eigenvalue weighted by Crippen LogP contribution is -2.13.